The molecule has 1 amide bonds. The number of primary amides is 1. The highest BCUT2D eigenvalue weighted by Gasteiger charge is 2.31. The molecular formula is C12H18N4O. The van der Waals surface area contributed by atoms with Gasteiger partial charge in [-0.1, -0.05) is 0 Å². The first-order valence-corrected chi connectivity index (χ1v) is 5.85. The van der Waals surface area contributed by atoms with Gasteiger partial charge in [0.15, 0.2) is 0 Å². The number of anilines is 1. The van der Waals surface area contributed by atoms with Gasteiger partial charge >= 0.3 is 0 Å². The van der Waals surface area contributed by atoms with Crippen molar-refractivity contribution in [2.75, 3.05) is 11.4 Å². The van der Waals surface area contributed by atoms with Crippen molar-refractivity contribution < 1.29 is 4.79 Å². The number of pyridine rings is 1. The van der Waals surface area contributed by atoms with E-state index in [1.54, 1.807) is 6.20 Å². The fourth-order valence-corrected chi connectivity index (χ4v) is 2.39. The van der Waals surface area contributed by atoms with E-state index in [0.717, 1.165) is 36.3 Å². The summed E-state index contributed by atoms with van der Waals surface area (Å²) in [4.78, 5) is 17.7. The van der Waals surface area contributed by atoms with Gasteiger partial charge in [0.05, 0.1) is 0 Å². The monoisotopic (exact) mass is 234 g/mol. The van der Waals surface area contributed by atoms with Crippen LogP contribution in [0.2, 0.25) is 0 Å². The number of hydrogen-bond donors (Lipinski definition) is 2. The van der Waals surface area contributed by atoms with E-state index in [9.17, 15) is 4.79 Å². The number of nitrogens with zero attached hydrogens (tertiary/aromatic N) is 2. The fourth-order valence-electron chi connectivity index (χ4n) is 2.39. The quantitative estimate of drug-likeness (QED) is 0.787. The first-order chi connectivity index (χ1) is 8.15. The van der Waals surface area contributed by atoms with E-state index in [-0.39, 0.29) is 11.9 Å². The maximum absolute atomic E-state index is 11.4. The Balaban J connectivity index is 2.39. The molecule has 4 N–H and O–H groups in total. The molecular weight excluding hydrogens is 216 g/mol. The van der Waals surface area contributed by atoms with Crippen LogP contribution < -0.4 is 16.4 Å². The van der Waals surface area contributed by atoms with Crippen LogP contribution in [0.3, 0.4) is 0 Å². The Morgan fingerprint density at radius 1 is 1.65 bits per heavy atom. The lowest BCUT2D eigenvalue weighted by Gasteiger charge is -2.26. The van der Waals surface area contributed by atoms with Crippen molar-refractivity contribution in [3.8, 4) is 0 Å². The number of hydrogen-bond acceptors (Lipinski definition) is 4. The van der Waals surface area contributed by atoms with Crippen molar-refractivity contribution in [3.63, 3.8) is 0 Å². The Bertz CT molecular complexity index is 433. The first kappa shape index (κ1) is 11.9. The van der Waals surface area contributed by atoms with Crippen LogP contribution in [-0.2, 0) is 11.3 Å². The molecule has 0 aliphatic carbocycles. The Kier molecular flexibility index (Phi) is 3.28. The average Bonchev–Trinajstić information content (AvgIpc) is 2.77. The van der Waals surface area contributed by atoms with Crippen LogP contribution in [0.25, 0.3) is 0 Å². The second-order valence-electron chi connectivity index (χ2n) is 4.39. The van der Waals surface area contributed by atoms with Gasteiger partial charge < -0.3 is 16.4 Å². The summed E-state index contributed by atoms with van der Waals surface area (Å²) in [7, 11) is 0. The molecule has 17 heavy (non-hydrogen) atoms. The Morgan fingerprint density at radius 3 is 3.06 bits per heavy atom. The topological polar surface area (TPSA) is 85.2 Å². The Morgan fingerprint density at radius 2 is 2.41 bits per heavy atom. The molecule has 0 aromatic carbocycles. The fraction of sp³-hybridized carbons (Fsp3) is 0.500. The van der Waals surface area contributed by atoms with Gasteiger partial charge in [0, 0.05) is 24.8 Å². The van der Waals surface area contributed by atoms with Crippen molar-refractivity contribution in [1.29, 1.82) is 0 Å². The van der Waals surface area contributed by atoms with Crippen molar-refractivity contribution >= 4 is 11.7 Å². The predicted molar refractivity (Wildman–Crippen MR) is 66.4 cm³/mol. The number of carbonyl (C=O) groups is 1. The number of rotatable bonds is 3. The molecule has 0 bridgehead atoms. The largest absolute Gasteiger partial charge is 0.368 e. The van der Waals surface area contributed by atoms with E-state index in [1.165, 1.54) is 0 Å². The molecule has 1 aliphatic heterocycles. The third kappa shape index (κ3) is 2.10. The first-order valence-electron chi connectivity index (χ1n) is 5.85. The van der Waals surface area contributed by atoms with E-state index >= 15 is 0 Å². The molecule has 1 unspecified atom stereocenters. The average molecular weight is 234 g/mol. The van der Waals surface area contributed by atoms with Gasteiger partial charge in [-0.2, -0.15) is 0 Å². The summed E-state index contributed by atoms with van der Waals surface area (Å²) in [6.45, 7) is 3.25. The molecule has 1 saturated heterocycles. The van der Waals surface area contributed by atoms with Crippen molar-refractivity contribution in [3.05, 3.63) is 23.4 Å². The normalized spacial score (nSPS) is 19.6. The van der Waals surface area contributed by atoms with E-state index in [4.69, 9.17) is 11.5 Å². The molecule has 1 aliphatic rings. The molecule has 5 nitrogen and oxygen atoms in total. The van der Waals surface area contributed by atoms with Crippen LogP contribution in [0.4, 0.5) is 5.82 Å². The summed E-state index contributed by atoms with van der Waals surface area (Å²) in [5.41, 5.74) is 13.3. The minimum Gasteiger partial charge on any atom is -0.368 e. The maximum atomic E-state index is 11.4. The summed E-state index contributed by atoms with van der Waals surface area (Å²) in [5, 5.41) is 0. The highest BCUT2D eigenvalue weighted by atomic mass is 16.1. The number of aromatic nitrogens is 1. The van der Waals surface area contributed by atoms with Gasteiger partial charge in [-0.25, -0.2) is 4.98 Å². The van der Waals surface area contributed by atoms with Crippen molar-refractivity contribution in [1.82, 2.24) is 4.98 Å². The smallest absolute Gasteiger partial charge is 0.240 e. The van der Waals surface area contributed by atoms with Gasteiger partial charge in [0.1, 0.15) is 11.9 Å². The number of aryl methyl sites for hydroxylation is 1. The standard InChI is InChI=1S/C12H18N4O/c1-8-4-5-15-12(9(8)7-13)16-6-2-3-10(16)11(14)17/h4-5,10H,2-3,6-7,13H2,1H3,(H2,14,17). The van der Waals surface area contributed by atoms with Crippen LogP contribution in [0.5, 0.6) is 0 Å². The zero-order chi connectivity index (χ0) is 12.4. The zero-order valence-corrected chi connectivity index (χ0v) is 10.0. The minimum atomic E-state index is -0.284. The molecule has 1 aromatic heterocycles. The third-order valence-electron chi connectivity index (χ3n) is 3.32. The second kappa shape index (κ2) is 4.71. The molecule has 1 atom stereocenters. The van der Waals surface area contributed by atoms with Crippen molar-refractivity contribution in [2.45, 2.75) is 32.4 Å². The van der Waals surface area contributed by atoms with Gasteiger partial charge in [-0.05, 0) is 31.4 Å². The summed E-state index contributed by atoms with van der Waals surface area (Å²) >= 11 is 0. The number of carbonyl (C=O) groups excluding carboxylic acids is 1. The molecule has 5 heteroatoms. The lowest BCUT2D eigenvalue weighted by Crippen LogP contribution is -2.41. The molecule has 0 saturated carbocycles. The Labute approximate surface area is 101 Å². The highest BCUT2D eigenvalue weighted by Crippen LogP contribution is 2.27. The molecule has 0 radical (unpaired) electrons. The summed E-state index contributed by atoms with van der Waals surface area (Å²) < 4.78 is 0. The third-order valence-corrected chi connectivity index (χ3v) is 3.32. The lowest BCUT2D eigenvalue weighted by atomic mass is 10.1. The van der Waals surface area contributed by atoms with E-state index in [2.05, 4.69) is 4.98 Å². The van der Waals surface area contributed by atoms with E-state index in [1.807, 2.05) is 17.9 Å². The zero-order valence-electron chi connectivity index (χ0n) is 10.0. The molecule has 92 valence electrons. The molecule has 0 spiro atoms. The second-order valence-corrected chi connectivity index (χ2v) is 4.39. The Hall–Kier alpha value is -1.62. The van der Waals surface area contributed by atoms with Crippen LogP contribution >= 0.6 is 0 Å². The van der Waals surface area contributed by atoms with Crippen molar-refractivity contribution in [2.24, 2.45) is 11.5 Å². The van der Waals surface area contributed by atoms with Crippen LogP contribution in [0.1, 0.15) is 24.0 Å². The molecule has 1 aromatic rings. The summed E-state index contributed by atoms with van der Waals surface area (Å²) in [5.74, 6) is 0.530. The predicted octanol–water partition coefficient (Wildman–Crippen LogP) is 0.303. The minimum absolute atomic E-state index is 0.241. The lowest BCUT2D eigenvalue weighted by molar-refractivity contribution is -0.119. The highest BCUT2D eigenvalue weighted by molar-refractivity contribution is 5.84. The van der Waals surface area contributed by atoms with Gasteiger partial charge in [0.2, 0.25) is 5.91 Å². The van der Waals surface area contributed by atoms with E-state index < -0.39 is 0 Å². The molecule has 2 heterocycles. The van der Waals surface area contributed by atoms with Gasteiger partial charge in [-0.3, -0.25) is 4.79 Å². The van der Waals surface area contributed by atoms with E-state index in [0.29, 0.717) is 6.54 Å². The van der Waals surface area contributed by atoms with Crippen LogP contribution in [0, 0.1) is 6.92 Å². The maximum Gasteiger partial charge on any atom is 0.240 e. The van der Waals surface area contributed by atoms with Gasteiger partial charge in [0.25, 0.3) is 0 Å². The summed E-state index contributed by atoms with van der Waals surface area (Å²) in [6.07, 6.45) is 3.52. The van der Waals surface area contributed by atoms with Gasteiger partial charge in [-0.15, -0.1) is 0 Å². The SMILES string of the molecule is Cc1ccnc(N2CCCC2C(N)=O)c1CN. The van der Waals surface area contributed by atoms with Crippen LogP contribution in [0.15, 0.2) is 12.3 Å². The molecule has 1 fully saturated rings. The number of nitrogens with two attached hydrogens (primary N) is 2. The molecule has 2 rings (SSSR count). The summed E-state index contributed by atoms with van der Waals surface area (Å²) in [6, 6.07) is 1.69. The number of amides is 1. The van der Waals surface area contributed by atoms with Crippen LogP contribution in [-0.4, -0.2) is 23.5 Å².